The Balaban J connectivity index is 0.00000420. The van der Waals surface area contributed by atoms with E-state index in [1.165, 1.54) is 0 Å². The van der Waals surface area contributed by atoms with Gasteiger partial charge in [0, 0.05) is 23.7 Å². The Bertz CT molecular complexity index is 826. The van der Waals surface area contributed by atoms with Crippen molar-refractivity contribution in [2.45, 2.75) is 26.8 Å². The summed E-state index contributed by atoms with van der Waals surface area (Å²) in [6.07, 6.45) is 0. The Morgan fingerprint density at radius 1 is 0.966 bits per heavy atom. The van der Waals surface area contributed by atoms with Crippen molar-refractivity contribution in [2.24, 2.45) is 0 Å². The first-order valence-electron chi connectivity index (χ1n) is 9.50. The zero-order chi connectivity index (χ0) is 20.5. The van der Waals surface area contributed by atoms with Crippen LogP contribution in [0.1, 0.15) is 47.1 Å². The molecule has 0 aromatic heterocycles. The molecule has 0 saturated heterocycles. The monoisotopic (exact) mass is 420 g/mol. The van der Waals surface area contributed by atoms with Gasteiger partial charge in [-0.1, -0.05) is 18.2 Å². The molecule has 2 rings (SSSR count). The number of carbonyl (C=O) groups is 2. The second kappa shape index (κ2) is 12.1. The molecular weight excluding hydrogens is 392 g/mol. The van der Waals surface area contributed by atoms with Gasteiger partial charge in [0.25, 0.3) is 5.91 Å². The summed E-state index contributed by atoms with van der Waals surface area (Å²) in [6.45, 7) is 7.15. The average Bonchev–Trinajstić information content (AvgIpc) is 2.72. The van der Waals surface area contributed by atoms with Crippen molar-refractivity contribution in [3.63, 3.8) is 0 Å². The molecule has 6 nitrogen and oxygen atoms in total. The minimum Gasteiger partial charge on any atom is -0.490 e. The third-order valence-corrected chi connectivity index (χ3v) is 4.28. The molecule has 1 amide bonds. The largest absolute Gasteiger partial charge is 0.490 e. The fourth-order valence-corrected chi connectivity index (χ4v) is 2.67. The maximum Gasteiger partial charge on any atom is 0.252 e. The molecule has 0 heterocycles. The number of benzene rings is 2. The van der Waals surface area contributed by atoms with Crippen molar-refractivity contribution in [3.05, 3.63) is 59.2 Å². The van der Waals surface area contributed by atoms with Crippen LogP contribution in [-0.2, 0) is 0 Å². The highest BCUT2D eigenvalue weighted by Gasteiger charge is 2.19. The fourth-order valence-electron chi connectivity index (χ4n) is 2.67. The van der Waals surface area contributed by atoms with E-state index in [9.17, 15) is 9.59 Å². The summed E-state index contributed by atoms with van der Waals surface area (Å²) in [5.74, 6) is 0.589. The lowest BCUT2D eigenvalue weighted by molar-refractivity contribution is 0.0939. The standard InChI is InChI=1S/C22H28N2O4.ClH/c1-5-27-19-12-11-16(13-20(19)28-6-2)21(25)17-9-7-8-10-18(17)22(26)24-14-15(3)23-4;/h7-13,15,23H,5-6,14H2,1-4H3,(H,24,26);1H. The number of likely N-dealkylation sites (N-methyl/N-ethyl adjacent to an activating group) is 1. The van der Waals surface area contributed by atoms with Crippen LogP contribution in [0.2, 0.25) is 0 Å². The first-order chi connectivity index (χ1) is 13.5. The van der Waals surface area contributed by atoms with Gasteiger partial charge in [-0.25, -0.2) is 0 Å². The molecule has 2 N–H and O–H groups in total. The van der Waals surface area contributed by atoms with Crippen LogP contribution in [0.15, 0.2) is 42.5 Å². The van der Waals surface area contributed by atoms with Gasteiger partial charge in [-0.05, 0) is 52.1 Å². The molecule has 0 fully saturated rings. The highest BCUT2D eigenvalue weighted by molar-refractivity contribution is 6.15. The molecule has 1 atom stereocenters. The smallest absolute Gasteiger partial charge is 0.252 e. The number of ketones is 1. The number of hydrogen-bond acceptors (Lipinski definition) is 5. The molecule has 158 valence electrons. The second-order valence-electron chi connectivity index (χ2n) is 6.30. The third-order valence-electron chi connectivity index (χ3n) is 4.28. The van der Waals surface area contributed by atoms with Crippen molar-refractivity contribution >= 4 is 24.1 Å². The van der Waals surface area contributed by atoms with Crippen LogP contribution in [0, 0.1) is 0 Å². The van der Waals surface area contributed by atoms with Crippen LogP contribution in [0.3, 0.4) is 0 Å². The molecule has 0 aliphatic rings. The predicted octanol–water partition coefficient (Wildman–Crippen LogP) is 3.47. The molecule has 0 aliphatic carbocycles. The number of halogens is 1. The van der Waals surface area contributed by atoms with Crippen LogP contribution in [0.25, 0.3) is 0 Å². The molecule has 0 bridgehead atoms. The van der Waals surface area contributed by atoms with Gasteiger partial charge in [-0.3, -0.25) is 9.59 Å². The molecule has 0 saturated carbocycles. The van der Waals surface area contributed by atoms with Crippen molar-refractivity contribution in [2.75, 3.05) is 26.8 Å². The predicted molar refractivity (Wildman–Crippen MR) is 117 cm³/mol. The maximum atomic E-state index is 13.1. The Kier molecular flexibility index (Phi) is 10.2. The zero-order valence-corrected chi connectivity index (χ0v) is 18.1. The van der Waals surface area contributed by atoms with Gasteiger partial charge in [-0.15, -0.1) is 12.4 Å². The van der Waals surface area contributed by atoms with E-state index in [4.69, 9.17) is 9.47 Å². The van der Waals surface area contributed by atoms with Gasteiger partial charge >= 0.3 is 0 Å². The highest BCUT2D eigenvalue weighted by Crippen LogP contribution is 2.29. The summed E-state index contributed by atoms with van der Waals surface area (Å²) in [6, 6.07) is 12.0. The van der Waals surface area contributed by atoms with E-state index in [0.29, 0.717) is 47.9 Å². The number of nitrogens with one attached hydrogen (secondary N) is 2. The van der Waals surface area contributed by atoms with Crippen LogP contribution in [0.5, 0.6) is 11.5 Å². The summed E-state index contributed by atoms with van der Waals surface area (Å²) >= 11 is 0. The fraction of sp³-hybridized carbons (Fsp3) is 0.364. The van der Waals surface area contributed by atoms with Gasteiger partial charge in [0.15, 0.2) is 17.3 Å². The average molecular weight is 421 g/mol. The van der Waals surface area contributed by atoms with Gasteiger partial charge in [0.05, 0.1) is 18.8 Å². The van der Waals surface area contributed by atoms with Gasteiger partial charge in [-0.2, -0.15) is 0 Å². The Hall–Kier alpha value is -2.57. The van der Waals surface area contributed by atoms with E-state index in [1.807, 2.05) is 27.8 Å². The number of amides is 1. The number of hydrogen-bond donors (Lipinski definition) is 2. The third kappa shape index (κ3) is 6.48. The SMILES string of the molecule is CCOc1ccc(C(=O)c2ccccc2C(=O)NCC(C)NC)cc1OCC.Cl. The van der Waals surface area contributed by atoms with Crippen molar-refractivity contribution in [1.29, 1.82) is 0 Å². The Labute approximate surface area is 178 Å². The summed E-state index contributed by atoms with van der Waals surface area (Å²) < 4.78 is 11.2. The van der Waals surface area contributed by atoms with E-state index < -0.39 is 0 Å². The number of ether oxygens (including phenoxy) is 2. The molecule has 0 radical (unpaired) electrons. The molecule has 2 aromatic carbocycles. The second-order valence-corrected chi connectivity index (χ2v) is 6.30. The minimum atomic E-state index is -0.276. The summed E-state index contributed by atoms with van der Waals surface area (Å²) in [5.41, 5.74) is 1.14. The van der Waals surface area contributed by atoms with Crippen LogP contribution < -0.4 is 20.1 Å². The van der Waals surface area contributed by atoms with E-state index in [1.54, 1.807) is 42.5 Å². The molecule has 1 unspecified atom stereocenters. The molecular formula is C22H29ClN2O4. The Morgan fingerprint density at radius 3 is 2.21 bits per heavy atom. The summed E-state index contributed by atoms with van der Waals surface area (Å²) in [7, 11) is 1.83. The lowest BCUT2D eigenvalue weighted by Crippen LogP contribution is -2.37. The zero-order valence-electron chi connectivity index (χ0n) is 17.3. The van der Waals surface area contributed by atoms with Gasteiger partial charge in [0.2, 0.25) is 0 Å². The van der Waals surface area contributed by atoms with E-state index in [-0.39, 0.29) is 30.1 Å². The van der Waals surface area contributed by atoms with E-state index in [2.05, 4.69) is 10.6 Å². The molecule has 7 heteroatoms. The minimum absolute atomic E-state index is 0. The first kappa shape index (κ1) is 24.5. The highest BCUT2D eigenvalue weighted by atomic mass is 35.5. The van der Waals surface area contributed by atoms with Crippen LogP contribution in [0.4, 0.5) is 0 Å². The Morgan fingerprint density at radius 2 is 1.59 bits per heavy atom. The van der Waals surface area contributed by atoms with Crippen LogP contribution in [-0.4, -0.2) is 44.5 Å². The quantitative estimate of drug-likeness (QED) is 0.575. The summed E-state index contributed by atoms with van der Waals surface area (Å²) in [5, 5.41) is 5.92. The summed E-state index contributed by atoms with van der Waals surface area (Å²) in [4.78, 5) is 25.7. The molecule has 0 aliphatic heterocycles. The van der Waals surface area contributed by atoms with Crippen molar-refractivity contribution < 1.29 is 19.1 Å². The lowest BCUT2D eigenvalue weighted by Gasteiger charge is -2.14. The lowest BCUT2D eigenvalue weighted by atomic mass is 9.97. The van der Waals surface area contributed by atoms with E-state index >= 15 is 0 Å². The molecule has 2 aromatic rings. The van der Waals surface area contributed by atoms with Crippen LogP contribution >= 0.6 is 12.4 Å². The van der Waals surface area contributed by atoms with Crippen molar-refractivity contribution in [1.82, 2.24) is 10.6 Å². The molecule has 29 heavy (non-hydrogen) atoms. The topological polar surface area (TPSA) is 76.7 Å². The van der Waals surface area contributed by atoms with Crippen molar-refractivity contribution in [3.8, 4) is 11.5 Å². The van der Waals surface area contributed by atoms with Gasteiger partial charge in [0.1, 0.15) is 0 Å². The number of rotatable bonds is 10. The normalized spacial score (nSPS) is 11.2. The van der Waals surface area contributed by atoms with Gasteiger partial charge < -0.3 is 20.1 Å². The van der Waals surface area contributed by atoms with E-state index in [0.717, 1.165) is 0 Å². The maximum absolute atomic E-state index is 13.1. The number of carbonyl (C=O) groups excluding carboxylic acids is 2. The molecule has 0 spiro atoms. The first-order valence-corrected chi connectivity index (χ1v) is 9.50.